The smallest absolute Gasteiger partial charge is 0.345 e. The molecule has 3 nitrogen and oxygen atoms in total. The minimum absolute atomic E-state index is 0.0876. The molecule has 0 spiro atoms. The van der Waals surface area contributed by atoms with E-state index < -0.39 is 11.6 Å². The predicted molar refractivity (Wildman–Crippen MR) is 47.1 cm³/mol. The molecule has 1 N–H and O–H groups in total. The molecule has 1 aliphatic rings. The molecule has 0 radical (unpaired) electrons. The summed E-state index contributed by atoms with van der Waals surface area (Å²) in [4.78, 5) is 11.3. The summed E-state index contributed by atoms with van der Waals surface area (Å²) >= 11 is 0. The third kappa shape index (κ3) is 1.82. The second-order valence-electron chi connectivity index (χ2n) is 3.32. The summed E-state index contributed by atoms with van der Waals surface area (Å²) in [6.07, 6.45) is 0.655. The maximum atomic E-state index is 14.0. The summed E-state index contributed by atoms with van der Waals surface area (Å²) in [6.45, 7) is 4.45. The number of esters is 1. The maximum absolute atomic E-state index is 14.0. The van der Waals surface area contributed by atoms with Crippen molar-refractivity contribution in [2.75, 3.05) is 19.7 Å². The molecule has 76 valence electrons. The second kappa shape index (κ2) is 4.05. The van der Waals surface area contributed by atoms with Crippen LogP contribution < -0.4 is 5.32 Å². The van der Waals surface area contributed by atoms with Crippen molar-refractivity contribution in [2.45, 2.75) is 25.9 Å². The van der Waals surface area contributed by atoms with Gasteiger partial charge >= 0.3 is 5.97 Å². The second-order valence-corrected chi connectivity index (χ2v) is 3.32. The van der Waals surface area contributed by atoms with Crippen molar-refractivity contribution in [1.82, 2.24) is 5.32 Å². The Kier molecular flexibility index (Phi) is 3.25. The predicted octanol–water partition coefficient (Wildman–Crippen LogP) is 0.887. The molecule has 0 aromatic carbocycles. The molecule has 0 amide bonds. The van der Waals surface area contributed by atoms with Crippen LogP contribution in [0.5, 0.6) is 0 Å². The zero-order valence-corrected chi connectivity index (χ0v) is 8.10. The molecule has 1 fully saturated rings. The van der Waals surface area contributed by atoms with Gasteiger partial charge < -0.3 is 10.1 Å². The number of alkyl halides is 1. The van der Waals surface area contributed by atoms with Gasteiger partial charge in [-0.3, -0.25) is 0 Å². The van der Waals surface area contributed by atoms with Crippen LogP contribution in [0.4, 0.5) is 4.39 Å². The van der Waals surface area contributed by atoms with E-state index in [1.54, 1.807) is 6.92 Å². The van der Waals surface area contributed by atoms with Gasteiger partial charge in [-0.15, -0.1) is 0 Å². The number of carbonyl (C=O) groups is 1. The zero-order chi connectivity index (χ0) is 9.90. The fourth-order valence-electron chi connectivity index (χ4n) is 1.69. The molecule has 0 bridgehead atoms. The van der Waals surface area contributed by atoms with E-state index in [0.717, 1.165) is 0 Å². The van der Waals surface area contributed by atoms with E-state index in [2.05, 4.69) is 5.32 Å². The summed E-state index contributed by atoms with van der Waals surface area (Å²) in [5, 5.41) is 2.88. The lowest BCUT2D eigenvalue weighted by molar-refractivity contribution is -0.158. The molecule has 1 saturated heterocycles. The Morgan fingerprint density at radius 2 is 2.38 bits per heavy atom. The highest BCUT2D eigenvalue weighted by molar-refractivity contribution is 5.80. The van der Waals surface area contributed by atoms with Crippen LogP contribution in [0.15, 0.2) is 0 Å². The van der Waals surface area contributed by atoms with Gasteiger partial charge in [0, 0.05) is 19.0 Å². The monoisotopic (exact) mass is 189 g/mol. The molecule has 1 aliphatic heterocycles. The summed E-state index contributed by atoms with van der Waals surface area (Å²) < 4.78 is 18.7. The maximum Gasteiger partial charge on any atom is 0.345 e. The first kappa shape index (κ1) is 10.4. The minimum atomic E-state index is -1.80. The van der Waals surface area contributed by atoms with Gasteiger partial charge in [-0.05, 0) is 13.3 Å². The van der Waals surface area contributed by atoms with Crippen LogP contribution in [0.2, 0.25) is 0 Å². The van der Waals surface area contributed by atoms with Crippen LogP contribution in [0, 0.1) is 5.92 Å². The quantitative estimate of drug-likeness (QED) is 0.670. The lowest BCUT2D eigenvalue weighted by Crippen LogP contribution is -2.42. The summed E-state index contributed by atoms with van der Waals surface area (Å²) in [6, 6.07) is 0. The van der Waals surface area contributed by atoms with Gasteiger partial charge in [-0.25, -0.2) is 9.18 Å². The zero-order valence-electron chi connectivity index (χ0n) is 8.10. The van der Waals surface area contributed by atoms with E-state index in [1.165, 1.54) is 0 Å². The molecule has 0 aromatic rings. The summed E-state index contributed by atoms with van der Waals surface area (Å²) in [5.74, 6) is -0.960. The van der Waals surface area contributed by atoms with Crippen LogP contribution in [0.3, 0.4) is 0 Å². The van der Waals surface area contributed by atoms with Crippen LogP contribution in [-0.4, -0.2) is 31.3 Å². The highest BCUT2D eigenvalue weighted by Crippen LogP contribution is 2.30. The highest BCUT2D eigenvalue weighted by atomic mass is 19.1. The fraction of sp³-hybridized carbons (Fsp3) is 0.889. The molecule has 4 heteroatoms. The molecule has 1 rings (SSSR count). The molecule has 2 atom stereocenters. The number of halogens is 1. The largest absolute Gasteiger partial charge is 0.464 e. The Morgan fingerprint density at radius 1 is 1.69 bits per heavy atom. The van der Waals surface area contributed by atoms with Crippen LogP contribution in [0.25, 0.3) is 0 Å². The normalized spacial score (nSPS) is 33.3. The van der Waals surface area contributed by atoms with Crippen LogP contribution in [-0.2, 0) is 9.53 Å². The average molecular weight is 189 g/mol. The molecule has 0 aromatic heterocycles. The fourth-order valence-corrected chi connectivity index (χ4v) is 1.69. The van der Waals surface area contributed by atoms with E-state index >= 15 is 0 Å². The number of nitrogens with one attached hydrogen (secondary N) is 1. The highest BCUT2D eigenvalue weighted by Gasteiger charge is 2.50. The molecule has 0 aliphatic carbocycles. The first-order valence-electron chi connectivity index (χ1n) is 4.72. The molecule has 0 unspecified atom stereocenters. The standard InChI is InChI=1S/C9H16FNO2/c1-3-7-5-11-6-9(7,10)8(12)13-4-2/h7,11H,3-6H2,1-2H3/t7-,9-/m0/s1. The molecule has 0 saturated carbocycles. The first-order valence-corrected chi connectivity index (χ1v) is 4.72. The summed E-state index contributed by atoms with van der Waals surface area (Å²) in [5.41, 5.74) is -1.80. The number of hydrogen-bond acceptors (Lipinski definition) is 3. The summed E-state index contributed by atoms with van der Waals surface area (Å²) in [7, 11) is 0. The Hall–Kier alpha value is -0.640. The van der Waals surface area contributed by atoms with Crippen molar-refractivity contribution in [1.29, 1.82) is 0 Å². The molecule has 13 heavy (non-hydrogen) atoms. The minimum Gasteiger partial charge on any atom is -0.464 e. The number of rotatable bonds is 3. The molecular formula is C9H16FNO2. The van der Waals surface area contributed by atoms with Gasteiger partial charge in [0.15, 0.2) is 0 Å². The average Bonchev–Trinajstić information content (AvgIpc) is 2.48. The van der Waals surface area contributed by atoms with Gasteiger partial charge in [0.1, 0.15) is 0 Å². The van der Waals surface area contributed by atoms with Gasteiger partial charge in [-0.1, -0.05) is 6.92 Å². The third-order valence-electron chi connectivity index (χ3n) is 2.53. The van der Waals surface area contributed by atoms with Gasteiger partial charge in [0.25, 0.3) is 0 Å². The number of hydrogen-bond donors (Lipinski definition) is 1. The Bertz CT molecular complexity index is 198. The molecular weight excluding hydrogens is 173 g/mol. The number of carbonyl (C=O) groups excluding carboxylic acids is 1. The van der Waals surface area contributed by atoms with Crippen molar-refractivity contribution >= 4 is 5.97 Å². The van der Waals surface area contributed by atoms with E-state index in [0.29, 0.717) is 13.0 Å². The molecule has 1 heterocycles. The SMILES string of the molecule is CCOC(=O)[C@]1(F)CNC[C@@H]1CC. The van der Waals surface area contributed by atoms with Crippen molar-refractivity contribution < 1.29 is 13.9 Å². The lowest BCUT2D eigenvalue weighted by Gasteiger charge is -2.22. The first-order chi connectivity index (χ1) is 6.15. The van der Waals surface area contributed by atoms with Crippen molar-refractivity contribution in [2.24, 2.45) is 5.92 Å². The van der Waals surface area contributed by atoms with Crippen molar-refractivity contribution in [3.8, 4) is 0 Å². The van der Waals surface area contributed by atoms with E-state index in [9.17, 15) is 9.18 Å². The van der Waals surface area contributed by atoms with Crippen molar-refractivity contribution in [3.05, 3.63) is 0 Å². The number of ether oxygens (including phenoxy) is 1. The topological polar surface area (TPSA) is 38.3 Å². The van der Waals surface area contributed by atoms with E-state index in [1.807, 2.05) is 6.92 Å². The Labute approximate surface area is 77.6 Å². The van der Waals surface area contributed by atoms with Crippen LogP contribution in [0.1, 0.15) is 20.3 Å². The Morgan fingerprint density at radius 3 is 2.92 bits per heavy atom. The van der Waals surface area contributed by atoms with E-state index in [-0.39, 0.29) is 19.1 Å². The van der Waals surface area contributed by atoms with E-state index in [4.69, 9.17) is 4.74 Å². The van der Waals surface area contributed by atoms with Gasteiger partial charge in [-0.2, -0.15) is 0 Å². The van der Waals surface area contributed by atoms with Crippen LogP contribution >= 0.6 is 0 Å². The lowest BCUT2D eigenvalue weighted by atomic mass is 9.90. The van der Waals surface area contributed by atoms with Gasteiger partial charge in [0.05, 0.1) is 6.61 Å². The third-order valence-corrected chi connectivity index (χ3v) is 2.53. The Balaban J connectivity index is 2.67. The van der Waals surface area contributed by atoms with Crippen molar-refractivity contribution in [3.63, 3.8) is 0 Å². The van der Waals surface area contributed by atoms with Gasteiger partial charge in [0.2, 0.25) is 5.67 Å².